The second-order valence-electron chi connectivity index (χ2n) is 16.0. The molecule has 2 aromatic rings. The number of carbonyl (C=O) groups is 2. The first-order chi connectivity index (χ1) is 26.2. The molecule has 0 amide bonds. The quantitative estimate of drug-likeness (QED) is 0.0950. The Morgan fingerprint density at radius 3 is 1.73 bits per heavy atom. The Morgan fingerprint density at radius 2 is 1.24 bits per heavy atom. The summed E-state index contributed by atoms with van der Waals surface area (Å²) in [5.74, 6) is -15.7. The van der Waals surface area contributed by atoms with Crippen LogP contribution in [0.3, 0.4) is 0 Å². The fraction of sp³-hybridized carbons (Fsp3) is 0.632. The lowest BCUT2D eigenvalue weighted by molar-refractivity contribution is -0.142. The zero-order chi connectivity index (χ0) is 39.0. The number of ether oxygens (including phenoxy) is 3. The molecule has 0 spiro atoms. The van der Waals surface area contributed by atoms with E-state index in [1.807, 2.05) is 0 Å². The van der Waals surface area contributed by atoms with Crippen LogP contribution < -0.4 is 9.46 Å². The van der Waals surface area contributed by atoms with Crippen LogP contribution in [-0.4, -0.2) is 62.9 Å². The predicted molar refractivity (Wildman–Crippen MR) is 187 cm³/mol. The summed E-state index contributed by atoms with van der Waals surface area (Å²) in [5.41, 5.74) is 3.52. The number of esters is 2. The second-order valence-corrected chi connectivity index (χ2v) is 19.2. The lowest BCUT2D eigenvalue weighted by atomic mass is 9.73. The molecule has 3 aliphatic heterocycles. The van der Waals surface area contributed by atoms with E-state index in [-0.39, 0.29) is 11.8 Å². The number of carbonyl (C=O) groups excluding carboxylic acids is 2. The van der Waals surface area contributed by atoms with Gasteiger partial charge < -0.3 is 14.2 Å². The summed E-state index contributed by atoms with van der Waals surface area (Å²) in [5, 5.41) is -1.67. The lowest BCUT2D eigenvalue weighted by Crippen LogP contribution is -2.51. The molecule has 6 aliphatic rings. The summed E-state index contributed by atoms with van der Waals surface area (Å²) in [7, 11) is -10.2. The van der Waals surface area contributed by atoms with Crippen LogP contribution in [0.25, 0.3) is 0 Å². The molecule has 17 heteroatoms. The average molecular weight is 814 g/mol. The lowest BCUT2D eigenvalue weighted by Gasteiger charge is -2.33. The van der Waals surface area contributed by atoms with Crippen LogP contribution in [0.4, 0.5) is 17.6 Å². The molecule has 0 aromatic heterocycles. The summed E-state index contributed by atoms with van der Waals surface area (Å²) in [6, 6.07) is 3.24. The predicted octanol–water partition coefficient (Wildman–Crippen LogP) is 6.83. The third-order valence-electron chi connectivity index (χ3n) is 12.8. The molecular formula is C38H43F4NO10S2. The van der Waals surface area contributed by atoms with E-state index < -0.39 is 102 Å². The highest BCUT2D eigenvalue weighted by molar-refractivity contribution is 7.90. The minimum Gasteiger partial charge on any atom is -0.454 e. The van der Waals surface area contributed by atoms with Gasteiger partial charge in [0, 0.05) is 0 Å². The maximum atomic E-state index is 14.9. The normalized spacial score (nSPS) is 29.8. The Morgan fingerprint density at radius 1 is 0.745 bits per heavy atom. The van der Waals surface area contributed by atoms with E-state index in [2.05, 4.69) is 16.9 Å². The van der Waals surface area contributed by atoms with Crippen molar-refractivity contribution in [2.45, 2.75) is 149 Å². The van der Waals surface area contributed by atoms with Crippen molar-refractivity contribution >= 4 is 32.1 Å². The van der Waals surface area contributed by atoms with Gasteiger partial charge in [-0.2, -0.15) is 17.2 Å². The molecule has 2 aromatic carbocycles. The van der Waals surface area contributed by atoms with Gasteiger partial charge in [0.2, 0.25) is 27.4 Å². The van der Waals surface area contributed by atoms with Gasteiger partial charge in [0.1, 0.15) is 23.4 Å². The molecule has 3 saturated heterocycles. The molecule has 3 heterocycles. The van der Waals surface area contributed by atoms with Gasteiger partial charge in [-0.05, 0) is 73.0 Å². The molecule has 2 N–H and O–H groups in total. The summed E-state index contributed by atoms with van der Waals surface area (Å²) in [6.07, 6.45) is 11.2. The first-order valence-electron chi connectivity index (χ1n) is 19.3. The van der Waals surface area contributed by atoms with Gasteiger partial charge in [-0.25, -0.2) is 26.7 Å². The number of benzene rings is 2. The van der Waals surface area contributed by atoms with Crippen LogP contribution in [0.1, 0.15) is 141 Å². The van der Waals surface area contributed by atoms with Crippen LogP contribution >= 0.6 is 0 Å². The maximum absolute atomic E-state index is 14.9. The van der Waals surface area contributed by atoms with Crippen molar-refractivity contribution in [1.29, 1.82) is 0 Å². The van der Waals surface area contributed by atoms with Gasteiger partial charge in [0.15, 0.2) is 16.5 Å². The first kappa shape index (κ1) is 38.7. The largest absolute Gasteiger partial charge is 0.454 e. The molecule has 300 valence electrons. The first-order valence-corrected chi connectivity index (χ1v) is 22.3. The number of rotatable bonds is 8. The number of sulfonamides is 1. The molecule has 0 radical (unpaired) electrons. The molecule has 55 heavy (non-hydrogen) atoms. The second kappa shape index (κ2) is 14.7. The number of nitrogens with one attached hydrogen (secondary N) is 1. The monoisotopic (exact) mass is 813 g/mol. The van der Waals surface area contributed by atoms with E-state index in [0.717, 1.165) is 101 Å². The fourth-order valence-corrected chi connectivity index (χ4v) is 12.9. The minimum absolute atomic E-state index is 0.105. The highest BCUT2D eigenvalue weighted by Gasteiger charge is 2.72. The minimum atomic E-state index is -5.80. The summed E-state index contributed by atoms with van der Waals surface area (Å²) >= 11 is 0. The maximum Gasteiger partial charge on any atom is 0.339 e. The van der Waals surface area contributed by atoms with Gasteiger partial charge in [-0.15, -0.1) is 0 Å². The van der Waals surface area contributed by atoms with Crippen molar-refractivity contribution in [3.63, 3.8) is 0 Å². The van der Waals surface area contributed by atoms with Crippen LogP contribution in [0.15, 0.2) is 17.0 Å². The number of halogens is 4. The van der Waals surface area contributed by atoms with Gasteiger partial charge in [-0.1, -0.05) is 69.9 Å². The number of fused-ring (bicyclic) bond motifs is 1. The fourth-order valence-electron chi connectivity index (χ4n) is 10.2. The number of hydrogen-bond donors (Lipinski definition) is 2. The van der Waals surface area contributed by atoms with Gasteiger partial charge >= 0.3 is 22.1 Å². The zero-order valence-corrected chi connectivity index (χ0v) is 31.5. The van der Waals surface area contributed by atoms with Crippen molar-refractivity contribution in [2.24, 2.45) is 5.92 Å². The van der Waals surface area contributed by atoms with E-state index >= 15 is 0 Å². The van der Waals surface area contributed by atoms with E-state index in [4.69, 9.17) is 18.8 Å². The molecule has 8 rings (SSSR count). The molecule has 2 bridgehead atoms. The van der Waals surface area contributed by atoms with E-state index in [1.165, 1.54) is 12.0 Å². The average Bonchev–Trinajstić information content (AvgIpc) is 3.79. The van der Waals surface area contributed by atoms with Crippen molar-refractivity contribution in [1.82, 2.24) is 4.72 Å². The van der Waals surface area contributed by atoms with Crippen LogP contribution in [-0.2, 0) is 34.4 Å². The molecule has 6 unspecified atom stereocenters. The highest BCUT2D eigenvalue weighted by Crippen LogP contribution is 2.50. The van der Waals surface area contributed by atoms with E-state index in [9.17, 15) is 44.0 Å². The van der Waals surface area contributed by atoms with Crippen molar-refractivity contribution in [2.75, 3.05) is 0 Å². The van der Waals surface area contributed by atoms with E-state index in [0.29, 0.717) is 11.5 Å². The molecule has 6 fully saturated rings. The topological polar surface area (TPSA) is 162 Å². The Balaban J connectivity index is 1.15. The summed E-state index contributed by atoms with van der Waals surface area (Å²) < 4.78 is 137. The van der Waals surface area contributed by atoms with Crippen LogP contribution in [0, 0.1) is 29.2 Å². The third-order valence-corrected chi connectivity index (χ3v) is 15.5. The van der Waals surface area contributed by atoms with Gasteiger partial charge in [-0.3, -0.25) is 9.35 Å². The van der Waals surface area contributed by atoms with Gasteiger partial charge in [0.25, 0.3) is 0 Å². The third kappa shape index (κ3) is 6.78. The van der Waals surface area contributed by atoms with Crippen molar-refractivity contribution in [3.05, 3.63) is 57.7 Å². The Labute approximate surface area is 316 Å². The smallest absolute Gasteiger partial charge is 0.339 e. The standard InChI is InChI=1S/C38H43F4NO10S2/c39-26-28(41)36(55(48,49)50)29(42)27(40)32(26)52-38(45)25-31-33(30-34(51-31)35(25)54(46,47)43-30)53-37(44)24-22(19-12-6-2-7-13-19)16-21(18-10-4-1-5-11-18)17-23(24)20-14-8-3-9-15-20/h16-20,25,30-31,33-35,43H,1-15H2,(H,48,49,50). The van der Waals surface area contributed by atoms with Crippen LogP contribution in [0.5, 0.6) is 5.75 Å². The molecule has 11 nitrogen and oxygen atoms in total. The molecule has 3 saturated carbocycles. The van der Waals surface area contributed by atoms with Gasteiger partial charge in [0.05, 0.1) is 17.7 Å². The molecule has 3 aliphatic carbocycles. The van der Waals surface area contributed by atoms with Crippen molar-refractivity contribution < 1.29 is 62.7 Å². The van der Waals surface area contributed by atoms with Crippen LogP contribution in [0.2, 0.25) is 0 Å². The Hall–Kier alpha value is -3.12. The Bertz CT molecular complexity index is 2050. The molecular weight excluding hydrogens is 771 g/mol. The van der Waals surface area contributed by atoms with E-state index in [1.54, 1.807) is 0 Å². The molecule has 6 atom stereocenters. The SMILES string of the molecule is O=C(OC1C2NS(=O)(=O)C3C2OC1C3C(=O)Oc1c(F)c(F)c(S(=O)(=O)O)c(F)c1F)c1c(C2CCCCC2)cc(C2CCCCC2)cc1C1CCCCC1. The van der Waals surface area contributed by atoms with Crippen molar-refractivity contribution in [3.8, 4) is 5.75 Å². The zero-order valence-electron chi connectivity index (χ0n) is 29.9. The Kier molecular flexibility index (Phi) is 10.3. The highest BCUT2D eigenvalue weighted by atomic mass is 32.2. The number of hydrogen-bond acceptors (Lipinski definition) is 9. The summed E-state index contributed by atoms with van der Waals surface area (Å²) in [4.78, 5) is 26.0. The summed E-state index contributed by atoms with van der Waals surface area (Å²) in [6.45, 7) is 0.